The van der Waals surface area contributed by atoms with Crippen LogP contribution in [0.15, 0.2) is 12.4 Å². The van der Waals surface area contributed by atoms with Gasteiger partial charge in [-0.2, -0.15) is 0 Å². The first-order valence-electron chi connectivity index (χ1n) is 9.32. The zero-order valence-corrected chi connectivity index (χ0v) is 15.1. The minimum absolute atomic E-state index is 0.0440. The summed E-state index contributed by atoms with van der Waals surface area (Å²) in [5.74, 6) is 1.32. The first kappa shape index (κ1) is 17.4. The summed E-state index contributed by atoms with van der Waals surface area (Å²) in [6, 6.07) is 0.0440. The Morgan fingerprint density at radius 3 is 3.00 bits per heavy atom. The lowest BCUT2D eigenvalue weighted by Crippen LogP contribution is -2.41. The molecule has 0 bridgehead atoms. The number of amides is 1. The fraction of sp³-hybridized carbons (Fsp3) is 0.778. The third-order valence-electron chi connectivity index (χ3n) is 5.70. The van der Waals surface area contributed by atoms with E-state index in [1.165, 1.54) is 12.8 Å². The van der Waals surface area contributed by atoms with E-state index in [1.807, 2.05) is 12.4 Å². The van der Waals surface area contributed by atoms with Crippen LogP contribution in [-0.2, 0) is 17.8 Å². The zero-order valence-electron chi connectivity index (χ0n) is 15.1. The molecule has 2 N–H and O–H groups in total. The number of nitrogens with zero attached hydrogens (tertiary/aromatic N) is 3. The summed E-state index contributed by atoms with van der Waals surface area (Å²) in [5, 5.41) is 6.58. The second-order valence-electron chi connectivity index (χ2n) is 7.42. The Balaban J connectivity index is 1.43. The summed E-state index contributed by atoms with van der Waals surface area (Å²) in [5.41, 5.74) is 0.356. The first-order chi connectivity index (χ1) is 11.6. The van der Waals surface area contributed by atoms with Crippen LogP contribution in [0.1, 0.15) is 38.4 Å². The largest absolute Gasteiger partial charge is 0.355 e. The Morgan fingerprint density at radius 1 is 1.46 bits per heavy atom. The Labute approximate surface area is 145 Å². The summed E-state index contributed by atoms with van der Waals surface area (Å²) in [7, 11) is 2.10. The standard InChI is InChI=1S/C18H31N5O/c1-3-16-20-10-12-23(16)11-4-7-21-17(24)15-13-18(14-22(15)2)5-8-19-9-6-18/h10,12,15,19H,3-9,11,13-14H2,1-2H3,(H,21,24)/t15-/m0/s1. The summed E-state index contributed by atoms with van der Waals surface area (Å²) >= 11 is 0. The molecule has 2 aliphatic rings. The van der Waals surface area contributed by atoms with Gasteiger partial charge in [0.25, 0.3) is 0 Å². The van der Waals surface area contributed by atoms with Crippen molar-refractivity contribution in [1.82, 2.24) is 25.1 Å². The third-order valence-corrected chi connectivity index (χ3v) is 5.70. The third kappa shape index (κ3) is 3.81. The van der Waals surface area contributed by atoms with Gasteiger partial charge in [-0.15, -0.1) is 0 Å². The van der Waals surface area contributed by atoms with Gasteiger partial charge in [0, 0.05) is 38.4 Å². The molecule has 1 spiro atoms. The molecule has 1 aromatic rings. The average Bonchev–Trinajstić information content (AvgIpc) is 3.16. The van der Waals surface area contributed by atoms with Crippen molar-refractivity contribution in [3.63, 3.8) is 0 Å². The van der Waals surface area contributed by atoms with E-state index in [2.05, 4.69) is 39.1 Å². The summed E-state index contributed by atoms with van der Waals surface area (Å²) in [4.78, 5) is 19.2. The molecular formula is C18H31N5O. The Morgan fingerprint density at radius 2 is 2.25 bits per heavy atom. The van der Waals surface area contributed by atoms with Gasteiger partial charge >= 0.3 is 0 Å². The summed E-state index contributed by atoms with van der Waals surface area (Å²) in [6.07, 6.45) is 9.17. The normalized spacial score (nSPS) is 23.7. The van der Waals surface area contributed by atoms with E-state index >= 15 is 0 Å². The lowest BCUT2D eigenvalue weighted by Gasteiger charge is -2.33. The van der Waals surface area contributed by atoms with Gasteiger partial charge in [-0.05, 0) is 51.2 Å². The van der Waals surface area contributed by atoms with Crippen LogP contribution in [0, 0.1) is 5.41 Å². The number of nitrogens with one attached hydrogen (secondary N) is 2. The molecule has 0 saturated carbocycles. The maximum Gasteiger partial charge on any atom is 0.237 e. The van der Waals surface area contributed by atoms with Crippen LogP contribution in [-0.4, -0.2) is 59.6 Å². The molecule has 1 amide bonds. The molecule has 2 saturated heterocycles. The van der Waals surface area contributed by atoms with E-state index in [-0.39, 0.29) is 11.9 Å². The van der Waals surface area contributed by atoms with Gasteiger partial charge < -0.3 is 15.2 Å². The number of aromatic nitrogens is 2. The van der Waals surface area contributed by atoms with E-state index < -0.39 is 0 Å². The molecule has 2 fully saturated rings. The molecule has 2 aliphatic heterocycles. The van der Waals surface area contributed by atoms with E-state index in [0.717, 1.165) is 57.8 Å². The van der Waals surface area contributed by atoms with E-state index in [1.54, 1.807) is 0 Å². The highest BCUT2D eigenvalue weighted by molar-refractivity contribution is 5.82. The monoisotopic (exact) mass is 333 g/mol. The number of carbonyl (C=O) groups excluding carboxylic acids is 1. The van der Waals surface area contributed by atoms with Gasteiger partial charge in [-0.3, -0.25) is 9.69 Å². The molecule has 0 aliphatic carbocycles. The highest BCUT2D eigenvalue weighted by Gasteiger charge is 2.45. The number of hydrogen-bond acceptors (Lipinski definition) is 4. The van der Waals surface area contributed by atoms with Crippen LogP contribution in [0.2, 0.25) is 0 Å². The van der Waals surface area contributed by atoms with Gasteiger partial charge in [-0.25, -0.2) is 4.98 Å². The van der Waals surface area contributed by atoms with E-state index in [9.17, 15) is 4.79 Å². The summed E-state index contributed by atoms with van der Waals surface area (Å²) in [6.45, 7) is 7.01. The Bertz CT molecular complexity index is 549. The number of imidazole rings is 1. The summed E-state index contributed by atoms with van der Waals surface area (Å²) < 4.78 is 2.18. The molecule has 3 rings (SSSR count). The molecular weight excluding hydrogens is 302 g/mol. The lowest BCUT2D eigenvalue weighted by molar-refractivity contribution is -0.125. The molecule has 0 unspecified atom stereocenters. The smallest absolute Gasteiger partial charge is 0.237 e. The van der Waals surface area contributed by atoms with Gasteiger partial charge in [0.15, 0.2) is 0 Å². The molecule has 0 radical (unpaired) electrons. The maximum absolute atomic E-state index is 12.6. The lowest BCUT2D eigenvalue weighted by atomic mass is 9.77. The molecule has 1 atom stereocenters. The van der Waals surface area contributed by atoms with Gasteiger partial charge in [-0.1, -0.05) is 6.92 Å². The van der Waals surface area contributed by atoms with Crippen molar-refractivity contribution in [3.05, 3.63) is 18.2 Å². The number of likely N-dealkylation sites (tertiary alicyclic amines) is 1. The van der Waals surface area contributed by atoms with Crippen molar-refractivity contribution < 1.29 is 4.79 Å². The van der Waals surface area contributed by atoms with Gasteiger partial charge in [0.05, 0.1) is 6.04 Å². The quantitative estimate of drug-likeness (QED) is 0.763. The number of carbonyl (C=O) groups is 1. The first-order valence-corrected chi connectivity index (χ1v) is 9.32. The van der Waals surface area contributed by atoms with Crippen molar-refractivity contribution in [3.8, 4) is 0 Å². The molecule has 6 heteroatoms. The minimum atomic E-state index is 0.0440. The zero-order chi connectivity index (χ0) is 17.0. The molecule has 0 aromatic carbocycles. The number of aryl methyl sites for hydroxylation is 2. The highest BCUT2D eigenvalue weighted by atomic mass is 16.2. The van der Waals surface area contributed by atoms with Crippen molar-refractivity contribution in [2.45, 2.75) is 51.6 Å². The second kappa shape index (κ2) is 7.66. The molecule has 24 heavy (non-hydrogen) atoms. The fourth-order valence-electron chi connectivity index (χ4n) is 4.32. The Kier molecular flexibility index (Phi) is 5.56. The van der Waals surface area contributed by atoms with Crippen LogP contribution in [0.4, 0.5) is 0 Å². The fourth-order valence-corrected chi connectivity index (χ4v) is 4.32. The van der Waals surface area contributed by atoms with Crippen molar-refractivity contribution in [2.24, 2.45) is 5.41 Å². The van der Waals surface area contributed by atoms with E-state index in [4.69, 9.17) is 0 Å². The molecule has 3 heterocycles. The molecule has 134 valence electrons. The van der Waals surface area contributed by atoms with Crippen LogP contribution in [0.5, 0.6) is 0 Å². The SMILES string of the molecule is CCc1nccn1CCCNC(=O)[C@@H]1CC2(CCNCC2)CN1C. The van der Waals surface area contributed by atoms with Crippen molar-refractivity contribution in [1.29, 1.82) is 0 Å². The number of rotatable bonds is 6. The highest BCUT2D eigenvalue weighted by Crippen LogP contribution is 2.41. The molecule has 1 aromatic heterocycles. The van der Waals surface area contributed by atoms with Crippen molar-refractivity contribution >= 4 is 5.91 Å². The van der Waals surface area contributed by atoms with Crippen LogP contribution < -0.4 is 10.6 Å². The topological polar surface area (TPSA) is 62.2 Å². The number of piperidine rings is 1. The maximum atomic E-state index is 12.6. The number of likely N-dealkylation sites (N-methyl/N-ethyl adjacent to an activating group) is 1. The number of hydrogen-bond donors (Lipinski definition) is 2. The predicted octanol–water partition coefficient (Wildman–Crippen LogP) is 1.03. The van der Waals surface area contributed by atoms with Gasteiger partial charge in [0.1, 0.15) is 5.82 Å². The van der Waals surface area contributed by atoms with Crippen LogP contribution in [0.25, 0.3) is 0 Å². The molecule has 6 nitrogen and oxygen atoms in total. The average molecular weight is 333 g/mol. The second-order valence-corrected chi connectivity index (χ2v) is 7.42. The minimum Gasteiger partial charge on any atom is -0.355 e. The van der Waals surface area contributed by atoms with E-state index in [0.29, 0.717) is 5.41 Å². The van der Waals surface area contributed by atoms with Crippen molar-refractivity contribution in [2.75, 3.05) is 33.2 Å². The van der Waals surface area contributed by atoms with Gasteiger partial charge in [0.2, 0.25) is 5.91 Å². The Hall–Kier alpha value is -1.40. The van der Waals surface area contributed by atoms with Crippen LogP contribution >= 0.6 is 0 Å². The predicted molar refractivity (Wildman–Crippen MR) is 94.8 cm³/mol. The van der Waals surface area contributed by atoms with Crippen LogP contribution in [0.3, 0.4) is 0 Å².